The number of nitrogens with one attached hydrogen (secondary N) is 1. The van der Waals surface area contributed by atoms with Crippen LogP contribution in [0.2, 0.25) is 0 Å². The average Bonchev–Trinajstić information content (AvgIpc) is 3.08. The Morgan fingerprint density at radius 1 is 1.21 bits per heavy atom. The fraction of sp³-hybridized carbons (Fsp3) is 0.300. The van der Waals surface area contributed by atoms with Crippen LogP contribution in [0.3, 0.4) is 0 Å². The molecule has 2 aromatic carbocycles. The van der Waals surface area contributed by atoms with Crippen molar-refractivity contribution in [1.29, 1.82) is 0 Å². The van der Waals surface area contributed by atoms with Gasteiger partial charge >= 0.3 is 12.1 Å². The summed E-state index contributed by atoms with van der Waals surface area (Å²) in [4.78, 5) is 27.8. The van der Waals surface area contributed by atoms with Crippen molar-refractivity contribution in [3.8, 4) is 5.75 Å². The van der Waals surface area contributed by atoms with Gasteiger partial charge in [0, 0.05) is 11.8 Å². The van der Waals surface area contributed by atoms with E-state index in [1.807, 2.05) is 19.9 Å². The van der Waals surface area contributed by atoms with Crippen LogP contribution in [-0.4, -0.2) is 37.9 Å². The normalized spacial score (nSPS) is 18.4. The van der Waals surface area contributed by atoms with Crippen LogP contribution >= 0.6 is 0 Å². The third kappa shape index (κ3) is 3.33. The van der Waals surface area contributed by atoms with E-state index in [9.17, 15) is 14.0 Å². The molecule has 1 fully saturated rings. The first-order valence-corrected chi connectivity index (χ1v) is 9.02. The number of aryl methyl sites for hydroxylation is 1. The Kier molecular flexibility index (Phi) is 4.54. The molecule has 0 bridgehead atoms. The lowest BCUT2D eigenvalue weighted by Gasteiger charge is -2.33. The number of fused-ring (bicyclic) bond motifs is 1. The molecule has 0 radical (unpaired) electrons. The summed E-state index contributed by atoms with van der Waals surface area (Å²) in [6.07, 6.45) is -0.669. The summed E-state index contributed by atoms with van der Waals surface area (Å²) in [6.45, 7) is 4.85. The number of anilines is 3. The molecule has 2 aromatic rings. The number of cyclic esters (lactones) is 1. The summed E-state index contributed by atoms with van der Waals surface area (Å²) < 4.78 is 24.2. The lowest BCUT2D eigenvalue weighted by molar-refractivity contribution is 0.181. The van der Waals surface area contributed by atoms with Gasteiger partial charge in [0.15, 0.2) is 0 Å². The maximum Gasteiger partial charge on any atom is 0.414 e. The molecule has 0 spiro atoms. The topological polar surface area (TPSA) is 71.1 Å². The lowest BCUT2D eigenvalue weighted by atomic mass is 10.1. The molecular formula is C20H20FN3O4. The summed E-state index contributed by atoms with van der Waals surface area (Å²) in [5.74, 6) is -0.0906. The minimum absolute atomic E-state index is 0.270. The van der Waals surface area contributed by atoms with E-state index >= 15 is 0 Å². The molecule has 2 aliphatic rings. The second kappa shape index (κ2) is 7.03. The number of ether oxygens (including phenoxy) is 2. The quantitative estimate of drug-likeness (QED) is 0.851. The highest BCUT2D eigenvalue weighted by atomic mass is 19.1. The first-order chi connectivity index (χ1) is 13.4. The summed E-state index contributed by atoms with van der Waals surface area (Å²) >= 11 is 0. The number of carbonyl (C=O) groups excluding carboxylic acids is 2. The van der Waals surface area contributed by atoms with E-state index in [0.29, 0.717) is 42.5 Å². The molecule has 4 rings (SSSR count). The van der Waals surface area contributed by atoms with Gasteiger partial charge in [-0.1, -0.05) is 6.07 Å². The zero-order valence-corrected chi connectivity index (χ0v) is 15.6. The number of rotatable bonds is 2. The summed E-state index contributed by atoms with van der Waals surface area (Å²) in [6, 6.07) is 9.08. The standard InChI is InChI=1S/C20H20FN3O4/c1-12-3-5-15(10-17(12)23-7-8-27-20(23)26)22-19(25)24-11-13(2)28-18-9-14(21)4-6-16(18)24/h3-6,9-10,13H,7-8,11H2,1-2H3,(H,22,25). The highest BCUT2D eigenvalue weighted by Crippen LogP contribution is 2.35. The number of nitrogens with zero attached hydrogens (tertiary/aromatic N) is 2. The zero-order chi connectivity index (χ0) is 19.8. The Morgan fingerprint density at radius 2 is 2.04 bits per heavy atom. The minimum Gasteiger partial charge on any atom is -0.487 e. The van der Waals surface area contributed by atoms with E-state index in [2.05, 4.69) is 5.32 Å². The van der Waals surface area contributed by atoms with Gasteiger partial charge in [0.05, 0.1) is 24.5 Å². The van der Waals surface area contributed by atoms with Gasteiger partial charge in [0.2, 0.25) is 0 Å². The van der Waals surface area contributed by atoms with E-state index in [-0.39, 0.29) is 12.1 Å². The molecule has 0 aromatic heterocycles. The predicted molar refractivity (Wildman–Crippen MR) is 103 cm³/mol. The first-order valence-electron chi connectivity index (χ1n) is 9.02. The molecule has 0 saturated carbocycles. The number of hydrogen-bond donors (Lipinski definition) is 1. The van der Waals surface area contributed by atoms with Gasteiger partial charge in [0.1, 0.15) is 24.3 Å². The van der Waals surface area contributed by atoms with Crippen LogP contribution in [0.4, 0.5) is 31.0 Å². The van der Waals surface area contributed by atoms with Gasteiger partial charge < -0.3 is 14.8 Å². The highest BCUT2D eigenvalue weighted by molar-refractivity contribution is 6.03. The van der Waals surface area contributed by atoms with Crippen LogP contribution < -0.4 is 19.9 Å². The van der Waals surface area contributed by atoms with E-state index in [4.69, 9.17) is 9.47 Å². The van der Waals surface area contributed by atoms with E-state index in [1.165, 1.54) is 23.1 Å². The van der Waals surface area contributed by atoms with Gasteiger partial charge in [0.25, 0.3) is 0 Å². The number of benzene rings is 2. The van der Waals surface area contributed by atoms with Crippen molar-refractivity contribution >= 4 is 29.2 Å². The second-order valence-electron chi connectivity index (χ2n) is 6.85. The molecule has 8 heteroatoms. The first kappa shape index (κ1) is 18.1. The molecule has 3 amide bonds. The molecule has 28 heavy (non-hydrogen) atoms. The Bertz CT molecular complexity index is 949. The summed E-state index contributed by atoms with van der Waals surface area (Å²) in [5.41, 5.74) is 2.65. The van der Waals surface area contributed by atoms with Crippen molar-refractivity contribution < 1.29 is 23.5 Å². The Hall–Kier alpha value is -3.29. The van der Waals surface area contributed by atoms with Crippen molar-refractivity contribution in [2.24, 2.45) is 0 Å². The molecule has 1 N–H and O–H groups in total. The van der Waals surface area contributed by atoms with Gasteiger partial charge in [-0.2, -0.15) is 0 Å². The number of amides is 3. The Morgan fingerprint density at radius 3 is 2.79 bits per heavy atom. The number of carbonyl (C=O) groups is 2. The molecule has 0 aliphatic carbocycles. The SMILES string of the molecule is Cc1ccc(NC(=O)N2CC(C)Oc3cc(F)ccc32)cc1N1CCOC1=O. The fourth-order valence-electron chi connectivity index (χ4n) is 3.39. The van der Waals surface area contributed by atoms with Gasteiger partial charge in [-0.15, -0.1) is 0 Å². The molecule has 146 valence electrons. The van der Waals surface area contributed by atoms with Crippen molar-refractivity contribution in [1.82, 2.24) is 0 Å². The fourth-order valence-corrected chi connectivity index (χ4v) is 3.39. The molecule has 7 nitrogen and oxygen atoms in total. The van der Waals surface area contributed by atoms with E-state index in [1.54, 1.807) is 17.0 Å². The largest absolute Gasteiger partial charge is 0.487 e. The third-order valence-electron chi connectivity index (χ3n) is 4.74. The van der Waals surface area contributed by atoms with Crippen LogP contribution in [0, 0.1) is 12.7 Å². The van der Waals surface area contributed by atoms with Gasteiger partial charge in [-0.25, -0.2) is 14.0 Å². The monoisotopic (exact) mass is 385 g/mol. The molecule has 1 saturated heterocycles. The number of halogens is 1. The second-order valence-corrected chi connectivity index (χ2v) is 6.85. The van der Waals surface area contributed by atoms with Crippen LogP contribution in [0.1, 0.15) is 12.5 Å². The Balaban J connectivity index is 1.58. The van der Waals surface area contributed by atoms with Crippen LogP contribution in [-0.2, 0) is 4.74 Å². The summed E-state index contributed by atoms with van der Waals surface area (Å²) in [5, 5.41) is 2.85. The van der Waals surface area contributed by atoms with Gasteiger partial charge in [-0.05, 0) is 43.7 Å². The number of urea groups is 1. The third-order valence-corrected chi connectivity index (χ3v) is 4.74. The number of hydrogen-bond acceptors (Lipinski definition) is 4. The lowest BCUT2D eigenvalue weighted by Crippen LogP contribution is -2.44. The molecule has 2 aliphatic heterocycles. The highest BCUT2D eigenvalue weighted by Gasteiger charge is 2.29. The Labute approximate surface area is 161 Å². The van der Waals surface area contributed by atoms with Crippen molar-refractivity contribution in [3.63, 3.8) is 0 Å². The van der Waals surface area contributed by atoms with Crippen molar-refractivity contribution in [3.05, 3.63) is 47.8 Å². The zero-order valence-electron chi connectivity index (χ0n) is 15.6. The van der Waals surface area contributed by atoms with Crippen LogP contribution in [0.5, 0.6) is 5.75 Å². The van der Waals surface area contributed by atoms with E-state index in [0.717, 1.165) is 5.56 Å². The molecule has 1 unspecified atom stereocenters. The molecular weight excluding hydrogens is 365 g/mol. The maximum absolute atomic E-state index is 13.5. The van der Waals surface area contributed by atoms with E-state index < -0.39 is 11.9 Å². The average molecular weight is 385 g/mol. The predicted octanol–water partition coefficient (Wildman–Crippen LogP) is 3.91. The van der Waals surface area contributed by atoms with Crippen molar-refractivity contribution in [2.45, 2.75) is 20.0 Å². The molecule has 2 heterocycles. The van der Waals surface area contributed by atoms with Crippen LogP contribution in [0.25, 0.3) is 0 Å². The van der Waals surface area contributed by atoms with Gasteiger partial charge in [-0.3, -0.25) is 9.80 Å². The molecule has 1 atom stereocenters. The smallest absolute Gasteiger partial charge is 0.414 e. The van der Waals surface area contributed by atoms with Crippen molar-refractivity contribution in [2.75, 3.05) is 34.8 Å². The summed E-state index contributed by atoms with van der Waals surface area (Å²) in [7, 11) is 0. The maximum atomic E-state index is 13.5. The minimum atomic E-state index is -0.422. The van der Waals surface area contributed by atoms with Crippen LogP contribution in [0.15, 0.2) is 36.4 Å².